The maximum Gasteiger partial charge on any atom is 0.134 e. The number of nitrogens with two attached hydrogens (primary N) is 1. The molecule has 0 saturated heterocycles. The zero-order valence-electron chi connectivity index (χ0n) is 8.12. The Hall–Kier alpha value is -0.250. The molecule has 0 aliphatic heterocycles. The minimum Gasteiger partial charge on any atom is -1.00 e. The number of hydrogen-bond acceptors (Lipinski definition) is 1. The second-order valence-electron chi connectivity index (χ2n) is 3.61. The second-order valence-corrected chi connectivity index (χ2v) is 3.61. The molecule has 0 unspecified atom stereocenters. The van der Waals surface area contributed by atoms with E-state index in [1.807, 2.05) is 18.2 Å². The zero-order chi connectivity index (χ0) is 8.48. The van der Waals surface area contributed by atoms with E-state index in [-0.39, 0.29) is 29.4 Å². The van der Waals surface area contributed by atoms with Crippen molar-refractivity contribution >= 4 is 23.8 Å². The predicted octanol–water partition coefficient (Wildman–Crippen LogP) is -1.11. The number of halogens is 2. The lowest BCUT2D eigenvalue weighted by Crippen LogP contribution is -3.00. The number of quaternary nitrogens is 1. The SMILES string of the molecule is C[N+](C)(C)c1cccc(N)c1.Cl.[Br-]. The summed E-state index contributed by atoms with van der Waals surface area (Å²) < 4.78 is 0.811. The molecular formula is C9H16BrClN2. The van der Waals surface area contributed by atoms with Crippen LogP contribution in [-0.2, 0) is 0 Å². The van der Waals surface area contributed by atoms with Crippen LogP contribution in [0.15, 0.2) is 24.3 Å². The summed E-state index contributed by atoms with van der Waals surface area (Å²) in [4.78, 5) is 0. The van der Waals surface area contributed by atoms with Gasteiger partial charge in [-0.3, -0.25) is 4.48 Å². The number of hydrogen-bond donors (Lipinski definition) is 1. The summed E-state index contributed by atoms with van der Waals surface area (Å²) in [6.07, 6.45) is 0. The van der Waals surface area contributed by atoms with Gasteiger partial charge in [-0.2, -0.15) is 0 Å². The highest BCUT2D eigenvalue weighted by atomic mass is 79.9. The van der Waals surface area contributed by atoms with Crippen LogP contribution in [-0.4, -0.2) is 21.1 Å². The fraction of sp³-hybridized carbons (Fsp3) is 0.333. The van der Waals surface area contributed by atoms with Crippen LogP contribution in [0.3, 0.4) is 0 Å². The molecule has 0 bridgehead atoms. The van der Waals surface area contributed by atoms with E-state index in [1.54, 1.807) is 0 Å². The molecule has 0 spiro atoms. The molecule has 1 aromatic carbocycles. The van der Waals surface area contributed by atoms with Gasteiger partial charge in [0.2, 0.25) is 0 Å². The van der Waals surface area contributed by atoms with Crippen molar-refractivity contribution in [2.24, 2.45) is 0 Å². The fourth-order valence-electron chi connectivity index (χ4n) is 0.942. The molecule has 0 heterocycles. The molecule has 0 aliphatic rings. The molecule has 0 atom stereocenters. The molecule has 4 heteroatoms. The molecule has 13 heavy (non-hydrogen) atoms. The standard InChI is InChI=1S/C9H15N2.BrH.ClH/c1-11(2,3)9-6-4-5-8(10)7-9;;/h4-7H,10H2,1-3H3;2*1H/q+1;;/p-1. The normalized spacial score (nSPS) is 9.77. The first kappa shape index (κ1) is 15.2. The van der Waals surface area contributed by atoms with E-state index in [0.29, 0.717) is 0 Å². The van der Waals surface area contributed by atoms with Crippen molar-refractivity contribution in [3.8, 4) is 0 Å². The van der Waals surface area contributed by atoms with Crippen molar-refractivity contribution in [2.75, 3.05) is 26.9 Å². The van der Waals surface area contributed by atoms with Crippen molar-refractivity contribution in [3.63, 3.8) is 0 Å². The first-order valence-electron chi connectivity index (χ1n) is 3.68. The smallest absolute Gasteiger partial charge is 0.134 e. The lowest BCUT2D eigenvalue weighted by atomic mass is 10.2. The third-order valence-electron chi connectivity index (χ3n) is 1.64. The number of nitrogens with zero attached hydrogens (tertiary/aromatic N) is 1. The Morgan fingerprint density at radius 3 is 2.00 bits per heavy atom. The molecule has 2 N–H and O–H groups in total. The minimum atomic E-state index is 0. The van der Waals surface area contributed by atoms with Gasteiger partial charge in [-0.05, 0) is 12.1 Å². The van der Waals surface area contributed by atoms with Crippen LogP contribution in [0.25, 0.3) is 0 Å². The molecular weight excluding hydrogens is 251 g/mol. The second kappa shape index (κ2) is 5.47. The first-order chi connectivity index (χ1) is 5.00. The number of rotatable bonds is 1. The van der Waals surface area contributed by atoms with E-state index in [9.17, 15) is 0 Å². The summed E-state index contributed by atoms with van der Waals surface area (Å²) in [5.74, 6) is 0. The van der Waals surface area contributed by atoms with Gasteiger partial charge in [0.05, 0.1) is 21.1 Å². The van der Waals surface area contributed by atoms with Gasteiger partial charge >= 0.3 is 0 Å². The van der Waals surface area contributed by atoms with E-state index in [0.717, 1.165) is 10.2 Å². The first-order valence-corrected chi connectivity index (χ1v) is 3.68. The highest BCUT2D eigenvalue weighted by Gasteiger charge is 2.10. The Morgan fingerprint density at radius 2 is 1.69 bits per heavy atom. The molecule has 0 saturated carbocycles. The van der Waals surface area contributed by atoms with Gasteiger partial charge in [-0.1, -0.05) is 6.07 Å². The molecule has 1 rings (SSSR count). The Balaban J connectivity index is 0. The number of nitrogen functional groups attached to an aromatic ring is 1. The van der Waals surface area contributed by atoms with Gasteiger partial charge in [-0.15, -0.1) is 12.4 Å². The van der Waals surface area contributed by atoms with Crippen molar-refractivity contribution in [1.29, 1.82) is 0 Å². The van der Waals surface area contributed by atoms with Crippen LogP contribution >= 0.6 is 12.4 Å². The van der Waals surface area contributed by atoms with Gasteiger partial charge in [0.25, 0.3) is 0 Å². The fourth-order valence-corrected chi connectivity index (χ4v) is 0.942. The predicted molar refractivity (Wildman–Crippen MR) is 57.7 cm³/mol. The third-order valence-corrected chi connectivity index (χ3v) is 1.64. The monoisotopic (exact) mass is 266 g/mol. The molecule has 0 radical (unpaired) electrons. The third kappa shape index (κ3) is 4.50. The van der Waals surface area contributed by atoms with Crippen molar-refractivity contribution in [3.05, 3.63) is 24.3 Å². The molecule has 0 aliphatic carbocycles. The lowest BCUT2D eigenvalue weighted by Gasteiger charge is -2.23. The van der Waals surface area contributed by atoms with Crippen LogP contribution in [0.5, 0.6) is 0 Å². The Kier molecular flexibility index (Phi) is 6.41. The van der Waals surface area contributed by atoms with E-state index >= 15 is 0 Å². The van der Waals surface area contributed by atoms with Crippen LogP contribution in [0.1, 0.15) is 0 Å². The van der Waals surface area contributed by atoms with E-state index < -0.39 is 0 Å². The van der Waals surface area contributed by atoms with Crippen molar-refractivity contribution in [1.82, 2.24) is 4.48 Å². The van der Waals surface area contributed by atoms with Gasteiger partial charge in [0.1, 0.15) is 5.69 Å². The summed E-state index contributed by atoms with van der Waals surface area (Å²) >= 11 is 0. The summed E-state index contributed by atoms with van der Waals surface area (Å²) in [5, 5.41) is 0. The van der Waals surface area contributed by atoms with Crippen LogP contribution < -0.4 is 27.2 Å². The summed E-state index contributed by atoms with van der Waals surface area (Å²) in [6, 6.07) is 7.96. The van der Waals surface area contributed by atoms with Gasteiger partial charge in [0.15, 0.2) is 0 Å². The molecule has 76 valence electrons. The van der Waals surface area contributed by atoms with E-state index in [1.165, 1.54) is 5.69 Å². The van der Waals surface area contributed by atoms with E-state index in [4.69, 9.17) is 5.73 Å². The summed E-state index contributed by atoms with van der Waals surface area (Å²) in [6.45, 7) is 0. The Morgan fingerprint density at radius 1 is 1.15 bits per heavy atom. The van der Waals surface area contributed by atoms with Crippen LogP contribution in [0.2, 0.25) is 0 Å². The van der Waals surface area contributed by atoms with Gasteiger partial charge in [0, 0.05) is 11.8 Å². The molecule has 1 aromatic rings. The average Bonchev–Trinajstić information content (AvgIpc) is 1.86. The van der Waals surface area contributed by atoms with Gasteiger partial charge < -0.3 is 22.7 Å². The molecule has 0 aromatic heterocycles. The maximum absolute atomic E-state index is 5.65. The minimum absolute atomic E-state index is 0. The van der Waals surface area contributed by atoms with Crippen molar-refractivity contribution in [2.45, 2.75) is 0 Å². The highest BCUT2D eigenvalue weighted by Crippen LogP contribution is 2.18. The summed E-state index contributed by atoms with van der Waals surface area (Å²) in [5.41, 5.74) is 7.70. The zero-order valence-corrected chi connectivity index (χ0v) is 10.5. The number of anilines is 1. The topological polar surface area (TPSA) is 26.0 Å². The molecule has 2 nitrogen and oxygen atoms in total. The van der Waals surface area contributed by atoms with Crippen LogP contribution in [0, 0.1) is 0 Å². The highest BCUT2D eigenvalue weighted by molar-refractivity contribution is 5.85. The number of benzene rings is 1. The Bertz CT molecular complexity index is 258. The Labute approximate surface area is 96.5 Å². The van der Waals surface area contributed by atoms with Crippen LogP contribution in [0.4, 0.5) is 11.4 Å². The largest absolute Gasteiger partial charge is 1.00 e. The van der Waals surface area contributed by atoms with Gasteiger partial charge in [-0.25, -0.2) is 0 Å². The lowest BCUT2D eigenvalue weighted by molar-refractivity contribution is -0.00000277. The average molecular weight is 268 g/mol. The van der Waals surface area contributed by atoms with E-state index in [2.05, 4.69) is 27.2 Å². The quantitative estimate of drug-likeness (QED) is 0.507. The van der Waals surface area contributed by atoms with Crippen molar-refractivity contribution < 1.29 is 17.0 Å². The molecule has 0 amide bonds. The summed E-state index contributed by atoms with van der Waals surface area (Å²) in [7, 11) is 6.36. The molecule has 0 fully saturated rings. The maximum atomic E-state index is 5.65.